The van der Waals surface area contributed by atoms with Gasteiger partial charge >= 0.3 is 6.41 Å². The molecule has 1 heterocycles. The zero-order chi connectivity index (χ0) is 10.4. The number of nitrogens with one attached hydrogen (secondary N) is 2. The standard InChI is InChI=1S/C10H20N3O/c1-9-6-13(7-10(2)12-9)5-3-4-11-8-14/h9-10,12H,3-7H2,1-2H3,(H,11,14). The Bertz CT molecular complexity index is 165. The predicted octanol–water partition coefficient (Wildman–Crippen LogP) is -0.284. The number of hydrogen-bond acceptors (Lipinski definition) is 3. The van der Waals surface area contributed by atoms with Crippen LogP contribution in [0.4, 0.5) is 0 Å². The lowest BCUT2D eigenvalue weighted by Crippen LogP contribution is -2.54. The minimum atomic E-state index is 0.573. The van der Waals surface area contributed by atoms with E-state index in [1.807, 2.05) is 0 Å². The first-order valence-electron chi connectivity index (χ1n) is 5.30. The van der Waals surface area contributed by atoms with Gasteiger partial charge in [-0.15, -0.1) is 0 Å². The van der Waals surface area contributed by atoms with E-state index in [2.05, 4.69) is 29.4 Å². The van der Waals surface area contributed by atoms with Crippen molar-refractivity contribution in [1.29, 1.82) is 0 Å². The van der Waals surface area contributed by atoms with Crippen LogP contribution in [0.2, 0.25) is 0 Å². The highest BCUT2D eigenvalue weighted by molar-refractivity contribution is 5.46. The van der Waals surface area contributed by atoms with Crippen molar-refractivity contribution in [1.82, 2.24) is 15.5 Å². The summed E-state index contributed by atoms with van der Waals surface area (Å²) >= 11 is 0. The molecule has 1 radical (unpaired) electrons. The van der Waals surface area contributed by atoms with Crippen LogP contribution in [0.3, 0.4) is 0 Å². The van der Waals surface area contributed by atoms with Gasteiger partial charge < -0.3 is 15.5 Å². The molecule has 2 unspecified atom stereocenters. The Morgan fingerprint density at radius 2 is 2.07 bits per heavy atom. The molecule has 1 aliphatic heterocycles. The molecule has 0 aliphatic carbocycles. The molecule has 0 aromatic rings. The Morgan fingerprint density at radius 3 is 2.64 bits per heavy atom. The van der Waals surface area contributed by atoms with Crippen LogP contribution in [0.25, 0.3) is 0 Å². The first-order chi connectivity index (χ1) is 6.72. The molecule has 1 aliphatic rings. The van der Waals surface area contributed by atoms with E-state index in [-0.39, 0.29) is 0 Å². The van der Waals surface area contributed by atoms with Gasteiger partial charge in [0.1, 0.15) is 0 Å². The van der Waals surface area contributed by atoms with Crippen LogP contribution in [0.15, 0.2) is 0 Å². The second-order valence-electron chi connectivity index (χ2n) is 4.11. The van der Waals surface area contributed by atoms with E-state index >= 15 is 0 Å². The predicted molar refractivity (Wildman–Crippen MR) is 56.8 cm³/mol. The summed E-state index contributed by atoms with van der Waals surface area (Å²) in [5, 5.41) is 6.05. The number of carbonyl (C=O) groups excluding carboxylic acids is 1. The first kappa shape index (κ1) is 11.5. The average Bonchev–Trinajstić information content (AvgIpc) is 2.11. The van der Waals surface area contributed by atoms with E-state index in [9.17, 15) is 4.79 Å². The largest absolute Gasteiger partial charge is 0.348 e. The highest BCUT2D eigenvalue weighted by atomic mass is 16.1. The number of amides is 1. The van der Waals surface area contributed by atoms with Gasteiger partial charge in [0, 0.05) is 31.7 Å². The van der Waals surface area contributed by atoms with Crippen molar-refractivity contribution < 1.29 is 4.79 Å². The number of nitrogens with zero attached hydrogens (tertiary/aromatic N) is 1. The van der Waals surface area contributed by atoms with Crippen molar-refractivity contribution in [3.63, 3.8) is 0 Å². The molecule has 1 amide bonds. The van der Waals surface area contributed by atoms with Gasteiger partial charge in [-0.25, -0.2) is 0 Å². The summed E-state index contributed by atoms with van der Waals surface area (Å²) < 4.78 is 0. The fraction of sp³-hybridized carbons (Fsp3) is 0.900. The zero-order valence-electron chi connectivity index (χ0n) is 9.05. The molecule has 2 N–H and O–H groups in total. The molecule has 0 bridgehead atoms. The summed E-state index contributed by atoms with van der Waals surface area (Å²) in [6, 6.07) is 1.15. The molecule has 2 atom stereocenters. The van der Waals surface area contributed by atoms with Crippen LogP contribution < -0.4 is 10.6 Å². The highest BCUT2D eigenvalue weighted by Crippen LogP contribution is 2.03. The number of piperazine rings is 1. The Balaban J connectivity index is 2.13. The van der Waals surface area contributed by atoms with E-state index < -0.39 is 0 Å². The van der Waals surface area contributed by atoms with E-state index in [0.29, 0.717) is 12.1 Å². The molecule has 0 aromatic carbocycles. The van der Waals surface area contributed by atoms with Crippen molar-refractivity contribution >= 4 is 6.41 Å². The Morgan fingerprint density at radius 1 is 1.43 bits per heavy atom. The molecule has 4 nitrogen and oxygen atoms in total. The minimum Gasteiger partial charge on any atom is -0.348 e. The van der Waals surface area contributed by atoms with E-state index in [4.69, 9.17) is 0 Å². The van der Waals surface area contributed by atoms with Gasteiger partial charge in [0.2, 0.25) is 0 Å². The fourth-order valence-electron chi connectivity index (χ4n) is 2.06. The van der Waals surface area contributed by atoms with Crippen molar-refractivity contribution in [2.75, 3.05) is 26.2 Å². The number of hydrogen-bond donors (Lipinski definition) is 2. The lowest BCUT2D eigenvalue weighted by atomic mass is 10.1. The summed E-state index contributed by atoms with van der Waals surface area (Å²) in [5.41, 5.74) is 0. The number of rotatable bonds is 5. The van der Waals surface area contributed by atoms with Gasteiger partial charge in [0.15, 0.2) is 0 Å². The maximum Gasteiger partial charge on any atom is 0.309 e. The third kappa shape index (κ3) is 4.07. The van der Waals surface area contributed by atoms with Crippen molar-refractivity contribution in [3.05, 3.63) is 0 Å². The Kier molecular flexibility index (Phi) is 4.90. The quantitative estimate of drug-likeness (QED) is 0.471. The average molecular weight is 198 g/mol. The van der Waals surface area contributed by atoms with Crippen molar-refractivity contribution in [3.8, 4) is 0 Å². The first-order valence-corrected chi connectivity index (χ1v) is 5.30. The lowest BCUT2D eigenvalue weighted by Gasteiger charge is -2.36. The molecule has 0 aromatic heterocycles. The van der Waals surface area contributed by atoms with Crippen molar-refractivity contribution in [2.24, 2.45) is 0 Å². The van der Waals surface area contributed by atoms with Crippen LogP contribution in [0, 0.1) is 0 Å². The smallest absolute Gasteiger partial charge is 0.309 e. The fourth-order valence-corrected chi connectivity index (χ4v) is 2.06. The van der Waals surface area contributed by atoms with Crippen LogP contribution in [-0.4, -0.2) is 49.6 Å². The van der Waals surface area contributed by atoms with Crippen LogP contribution in [0.5, 0.6) is 0 Å². The molecule has 81 valence electrons. The van der Waals surface area contributed by atoms with Crippen LogP contribution in [-0.2, 0) is 4.79 Å². The summed E-state index contributed by atoms with van der Waals surface area (Å²) in [5.74, 6) is 0. The second kappa shape index (κ2) is 5.98. The Hall–Kier alpha value is -0.610. The molecular weight excluding hydrogens is 178 g/mol. The Labute approximate surface area is 86.0 Å². The van der Waals surface area contributed by atoms with E-state index in [1.54, 1.807) is 6.41 Å². The molecule has 1 rings (SSSR count). The monoisotopic (exact) mass is 198 g/mol. The van der Waals surface area contributed by atoms with Gasteiger partial charge in [0.05, 0.1) is 0 Å². The van der Waals surface area contributed by atoms with Crippen molar-refractivity contribution in [2.45, 2.75) is 32.4 Å². The molecule has 0 spiro atoms. The van der Waals surface area contributed by atoms with Gasteiger partial charge in [-0.05, 0) is 26.8 Å². The minimum absolute atomic E-state index is 0.573. The molecule has 14 heavy (non-hydrogen) atoms. The lowest BCUT2D eigenvalue weighted by molar-refractivity contribution is 0.172. The molecule has 1 saturated heterocycles. The molecule has 1 fully saturated rings. The van der Waals surface area contributed by atoms with Gasteiger partial charge in [-0.1, -0.05) is 0 Å². The van der Waals surface area contributed by atoms with Gasteiger partial charge in [-0.2, -0.15) is 0 Å². The van der Waals surface area contributed by atoms with Gasteiger partial charge in [0.25, 0.3) is 0 Å². The van der Waals surface area contributed by atoms with Crippen LogP contribution >= 0.6 is 0 Å². The summed E-state index contributed by atoms with van der Waals surface area (Å²) in [6.45, 7) is 8.42. The normalized spacial score (nSPS) is 28.7. The second-order valence-corrected chi connectivity index (χ2v) is 4.11. The van der Waals surface area contributed by atoms with Gasteiger partial charge in [-0.3, -0.25) is 4.79 Å². The maximum atomic E-state index is 9.90. The maximum absolute atomic E-state index is 9.90. The summed E-state index contributed by atoms with van der Waals surface area (Å²) in [6.07, 6.45) is 2.70. The summed E-state index contributed by atoms with van der Waals surface area (Å²) in [7, 11) is 0. The molecule has 4 heteroatoms. The SMILES string of the molecule is CC1CN(CCCN[C]=O)CC(C)N1. The topological polar surface area (TPSA) is 44.4 Å². The molecule has 0 saturated carbocycles. The van der Waals surface area contributed by atoms with Crippen LogP contribution in [0.1, 0.15) is 20.3 Å². The van der Waals surface area contributed by atoms with E-state index in [0.717, 1.165) is 32.6 Å². The zero-order valence-corrected chi connectivity index (χ0v) is 9.05. The third-order valence-electron chi connectivity index (χ3n) is 2.48. The third-order valence-corrected chi connectivity index (χ3v) is 2.48. The highest BCUT2D eigenvalue weighted by Gasteiger charge is 2.19. The summed E-state index contributed by atoms with van der Waals surface area (Å²) in [4.78, 5) is 12.3. The molecular formula is C10H20N3O. The van der Waals surface area contributed by atoms with E-state index in [1.165, 1.54) is 0 Å².